The van der Waals surface area contributed by atoms with Crippen LogP contribution in [0.5, 0.6) is 0 Å². The van der Waals surface area contributed by atoms with Gasteiger partial charge >= 0.3 is 0 Å². The van der Waals surface area contributed by atoms with Crippen LogP contribution in [0.4, 0.5) is 10.1 Å². The van der Waals surface area contributed by atoms with Crippen molar-refractivity contribution in [2.75, 3.05) is 5.32 Å². The first-order valence-corrected chi connectivity index (χ1v) is 6.78. The van der Waals surface area contributed by atoms with Gasteiger partial charge in [-0.1, -0.05) is 42.5 Å². The molecular formula is C17H13FN2O2. The molecule has 1 N–H and O–H groups in total. The van der Waals surface area contributed by atoms with Gasteiger partial charge in [0.05, 0.1) is 12.2 Å². The Morgan fingerprint density at radius 1 is 0.955 bits per heavy atom. The number of hydrogen-bond acceptors (Lipinski definition) is 3. The van der Waals surface area contributed by atoms with Crippen molar-refractivity contribution in [1.82, 2.24) is 4.90 Å². The molecular weight excluding hydrogens is 283 g/mol. The summed E-state index contributed by atoms with van der Waals surface area (Å²) in [7, 11) is 0. The number of halogens is 1. The number of amides is 2. The van der Waals surface area contributed by atoms with Crippen molar-refractivity contribution in [3.05, 3.63) is 77.8 Å². The third-order valence-electron chi connectivity index (χ3n) is 3.34. The normalized spacial score (nSPS) is 14.2. The van der Waals surface area contributed by atoms with E-state index in [-0.39, 0.29) is 17.9 Å². The second-order valence-corrected chi connectivity index (χ2v) is 4.88. The lowest BCUT2D eigenvalue weighted by atomic mass is 10.2. The van der Waals surface area contributed by atoms with E-state index in [0.717, 1.165) is 10.5 Å². The molecule has 0 aromatic heterocycles. The molecule has 0 unspecified atom stereocenters. The minimum Gasteiger partial charge on any atom is -0.348 e. The number of imide groups is 1. The van der Waals surface area contributed by atoms with Gasteiger partial charge in [0.25, 0.3) is 11.8 Å². The molecule has 1 aliphatic rings. The number of hydrogen-bond donors (Lipinski definition) is 1. The standard InChI is InChI=1S/C17H13FN2O2/c18-13-8-4-5-9-14(13)19-15-10-16(21)20(17(15)22)11-12-6-2-1-3-7-12/h1-10,19H,11H2. The van der Waals surface area contributed by atoms with E-state index in [1.165, 1.54) is 18.2 Å². The Morgan fingerprint density at radius 3 is 2.36 bits per heavy atom. The molecule has 110 valence electrons. The highest BCUT2D eigenvalue weighted by Crippen LogP contribution is 2.20. The average Bonchev–Trinajstić information content (AvgIpc) is 2.78. The van der Waals surface area contributed by atoms with Crippen LogP contribution in [0.2, 0.25) is 0 Å². The summed E-state index contributed by atoms with van der Waals surface area (Å²) in [4.78, 5) is 25.4. The van der Waals surface area contributed by atoms with E-state index in [9.17, 15) is 14.0 Å². The zero-order valence-corrected chi connectivity index (χ0v) is 11.6. The minimum absolute atomic E-state index is 0.0750. The van der Waals surface area contributed by atoms with Crippen LogP contribution in [0.1, 0.15) is 5.56 Å². The zero-order chi connectivity index (χ0) is 15.5. The van der Waals surface area contributed by atoms with Crippen LogP contribution >= 0.6 is 0 Å². The number of rotatable bonds is 4. The predicted molar refractivity (Wildman–Crippen MR) is 80.1 cm³/mol. The molecule has 0 fully saturated rings. The van der Waals surface area contributed by atoms with Gasteiger partial charge in [0.2, 0.25) is 0 Å². The fraction of sp³-hybridized carbons (Fsp3) is 0.0588. The Hall–Kier alpha value is -2.95. The number of para-hydroxylation sites is 1. The van der Waals surface area contributed by atoms with Gasteiger partial charge < -0.3 is 5.32 Å². The van der Waals surface area contributed by atoms with Gasteiger partial charge in [-0.05, 0) is 17.7 Å². The molecule has 0 atom stereocenters. The highest BCUT2D eigenvalue weighted by atomic mass is 19.1. The molecule has 0 saturated carbocycles. The number of carbonyl (C=O) groups excluding carboxylic acids is 2. The summed E-state index contributed by atoms with van der Waals surface area (Å²) in [6.45, 7) is 0.192. The Balaban J connectivity index is 1.76. The maximum Gasteiger partial charge on any atom is 0.277 e. The van der Waals surface area contributed by atoms with E-state index in [1.807, 2.05) is 30.3 Å². The Kier molecular flexibility index (Phi) is 3.70. The van der Waals surface area contributed by atoms with Crippen LogP contribution in [-0.2, 0) is 16.1 Å². The SMILES string of the molecule is O=C1C=C(Nc2ccccc2F)C(=O)N1Cc1ccccc1. The summed E-state index contributed by atoms with van der Waals surface area (Å²) >= 11 is 0. The second-order valence-electron chi connectivity index (χ2n) is 4.88. The zero-order valence-electron chi connectivity index (χ0n) is 11.6. The van der Waals surface area contributed by atoms with Gasteiger partial charge in [-0.25, -0.2) is 4.39 Å². The molecule has 1 aliphatic heterocycles. The van der Waals surface area contributed by atoms with Crippen LogP contribution in [0, 0.1) is 5.82 Å². The highest BCUT2D eigenvalue weighted by Gasteiger charge is 2.31. The summed E-state index contributed by atoms with van der Waals surface area (Å²) in [5, 5.41) is 2.68. The lowest BCUT2D eigenvalue weighted by Gasteiger charge is -2.15. The van der Waals surface area contributed by atoms with Crippen molar-refractivity contribution < 1.29 is 14.0 Å². The lowest BCUT2D eigenvalue weighted by Crippen LogP contribution is -2.31. The van der Waals surface area contributed by atoms with Crippen molar-refractivity contribution in [1.29, 1.82) is 0 Å². The summed E-state index contributed by atoms with van der Waals surface area (Å²) in [6, 6.07) is 15.2. The van der Waals surface area contributed by atoms with E-state index < -0.39 is 17.6 Å². The van der Waals surface area contributed by atoms with Crippen LogP contribution in [0.3, 0.4) is 0 Å². The van der Waals surface area contributed by atoms with Gasteiger partial charge in [0.1, 0.15) is 11.5 Å². The van der Waals surface area contributed by atoms with E-state index >= 15 is 0 Å². The number of anilines is 1. The van der Waals surface area contributed by atoms with Gasteiger partial charge in [-0.3, -0.25) is 14.5 Å². The van der Waals surface area contributed by atoms with Gasteiger partial charge in [0.15, 0.2) is 0 Å². The monoisotopic (exact) mass is 296 g/mol. The van der Waals surface area contributed by atoms with E-state index in [4.69, 9.17) is 0 Å². The van der Waals surface area contributed by atoms with E-state index in [1.54, 1.807) is 12.1 Å². The number of nitrogens with one attached hydrogen (secondary N) is 1. The smallest absolute Gasteiger partial charge is 0.277 e. The molecule has 2 amide bonds. The molecule has 5 heteroatoms. The Morgan fingerprint density at radius 2 is 1.64 bits per heavy atom. The molecule has 22 heavy (non-hydrogen) atoms. The fourth-order valence-corrected chi connectivity index (χ4v) is 2.22. The number of benzene rings is 2. The van der Waals surface area contributed by atoms with Crippen molar-refractivity contribution >= 4 is 17.5 Å². The third-order valence-corrected chi connectivity index (χ3v) is 3.34. The first kappa shape index (κ1) is 14.0. The summed E-state index contributed by atoms with van der Waals surface area (Å²) in [5.41, 5.74) is 1.09. The largest absolute Gasteiger partial charge is 0.348 e. The second kappa shape index (κ2) is 5.81. The quantitative estimate of drug-likeness (QED) is 0.883. The summed E-state index contributed by atoms with van der Waals surface area (Å²) < 4.78 is 13.6. The molecule has 3 rings (SSSR count). The average molecular weight is 296 g/mol. The number of nitrogens with zero attached hydrogens (tertiary/aromatic N) is 1. The van der Waals surface area contributed by atoms with Crippen molar-refractivity contribution in [2.45, 2.75) is 6.54 Å². The first-order valence-electron chi connectivity index (χ1n) is 6.78. The number of carbonyl (C=O) groups is 2. The maximum absolute atomic E-state index is 13.6. The molecule has 0 aliphatic carbocycles. The molecule has 4 nitrogen and oxygen atoms in total. The van der Waals surface area contributed by atoms with E-state index in [2.05, 4.69) is 5.32 Å². The molecule has 0 radical (unpaired) electrons. The van der Waals surface area contributed by atoms with Crippen LogP contribution in [0.15, 0.2) is 66.4 Å². The van der Waals surface area contributed by atoms with Gasteiger partial charge in [-0.15, -0.1) is 0 Å². The van der Waals surface area contributed by atoms with E-state index in [0.29, 0.717) is 0 Å². The highest BCUT2D eigenvalue weighted by molar-refractivity contribution is 6.17. The van der Waals surface area contributed by atoms with Crippen molar-refractivity contribution in [3.8, 4) is 0 Å². The maximum atomic E-state index is 13.6. The molecule has 0 saturated heterocycles. The summed E-state index contributed by atoms with van der Waals surface area (Å²) in [5.74, 6) is -1.35. The van der Waals surface area contributed by atoms with Crippen molar-refractivity contribution in [2.24, 2.45) is 0 Å². The third kappa shape index (κ3) is 2.74. The molecule has 1 heterocycles. The van der Waals surface area contributed by atoms with Crippen LogP contribution < -0.4 is 5.32 Å². The molecule has 2 aromatic carbocycles. The first-order chi connectivity index (χ1) is 10.6. The topological polar surface area (TPSA) is 49.4 Å². The lowest BCUT2D eigenvalue weighted by molar-refractivity contribution is -0.137. The van der Waals surface area contributed by atoms with Crippen molar-refractivity contribution in [3.63, 3.8) is 0 Å². The Labute approximate surface area is 126 Å². The van der Waals surface area contributed by atoms with Gasteiger partial charge in [-0.2, -0.15) is 0 Å². The summed E-state index contributed by atoms with van der Waals surface area (Å²) in [6.07, 6.45) is 1.19. The molecule has 0 spiro atoms. The Bertz CT molecular complexity index is 756. The van der Waals surface area contributed by atoms with Crippen LogP contribution in [-0.4, -0.2) is 16.7 Å². The predicted octanol–water partition coefficient (Wildman–Crippen LogP) is 2.69. The molecule has 2 aromatic rings. The molecule has 0 bridgehead atoms. The van der Waals surface area contributed by atoms with Crippen LogP contribution in [0.25, 0.3) is 0 Å². The fourth-order valence-electron chi connectivity index (χ4n) is 2.22. The minimum atomic E-state index is -0.481. The van der Waals surface area contributed by atoms with Gasteiger partial charge in [0, 0.05) is 6.08 Å².